The van der Waals surface area contributed by atoms with Crippen molar-refractivity contribution in [2.24, 2.45) is 0 Å². The van der Waals surface area contributed by atoms with E-state index >= 15 is 0 Å². The second kappa shape index (κ2) is 4.18. The predicted octanol–water partition coefficient (Wildman–Crippen LogP) is -1.15. The van der Waals surface area contributed by atoms with Crippen LogP contribution in [-0.4, -0.2) is 44.4 Å². The van der Waals surface area contributed by atoms with Gasteiger partial charge in [-0.2, -0.15) is 0 Å². The summed E-state index contributed by atoms with van der Waals surface area (Å²) in [5, 5.41) is 1.70. The first-order chi connectivity index (χ1) is 6.88. The Labute approximate surface area is 87.9 Å². The van der Waals surface area contributed by atoms with E-state index < -0.39 is 33.0 Å². The first kappa shape index (κ1) is 12.0. The number of nitrogens with one attached hydrogen (secondary N) is 1. The molecule has 2 unspecified atom stereocenters. The molecule has 2 atom stereocenters. The van der Waals surface area contributed by atoms with E-state index in [-0.39, 0.29) is 5.75 Å². The van der Waals surface area contributed by atoms with Gasteiger partial charge in [0.15, 0.2) is 9.84 Å². The maximum absolute atomic E-state index is 11.3. The Balaban J connectivity index is 2.63. The highest BCUT2D eigenvalue weighted by Gasteiger charge is 2.38. The van der Waals surface area contributed by atoms with E-state index in [1.807, 2.05) is 0 Å². The topological polar surface area (TPSA) is 89.5 Å². The molecule has 1 fully saturated rings. The molecule has 0 bridgehead atoms. The van der Waals surface area contributed by atoms with Gasteiger partial charge in [-0.1, -0.05) is 0 Å². The smallest absolute Gasteiger partial charge is 0.396 e. The van der Waals surface area contributed by atoms with Crippen molar-refractivity contribution in [2.45, 2.75) is 24.6 Å². The van der Waals surface area contributed by atoms with Crippen LogP contribution in [0.5, 0.6) is 0 Å². The van der Waals surface area contributed by atoms with Crippen LogP contribution in [0, 0.1) is 0 Å². The summed E-state index contributed by atoms with van der Waals surface area (Å²) in [4.78, 5) is 21.9. The number of hydrogen-bond acceptors (Lipinski definition) is 5. The fourth-order valence-corrected chi connectivity index (χ4v) is 3.13. The van der Waals surface area contributed by atoms with Crippen molar-refractivity contribution < 1.29 is 22.7 Å². The van der Waals surface area contributed by atoms with Crippen molar-refractivity contribution in [3.05, 3.63) is 0 Å². The van der Waals surface area contributed by atoms with Crippen LogP contribution in [0.4, 0.5) is 0 Å². The molecule has 0 aromatic heterocycles. The van der Waals surface area contributed by atoms with Crippen LogP contribution in [0.25, 0.3) is 0 Å². The Hall–Kier alpha value is -1.11. The standard InChI is InChI=1S/C8H13NO5S/c1-5-6(3-4-15(5,12)13)9-7(10)8(11)14-2/h5-6H,3-4H2,1-2H3,(H,9,10). The lowest BCUT2D eigenvalue weighted by Gasteiger charge is -2.14. The normalized spacial score (nSPS) is 28.4. The molecule has 1 aliphatic heterocycles. The molecule has 7 heteroatoms. The van der Waals surface area contributed by atoms with E-state index in [9.17, 15) is 18.0 Å². The number of amides is 1. The predicted molar refractivity (Wildman–Crippen MR) is 51.8 cm³/mol. The van der Waals surface area contributed by atoms with E-state index in [0.717, 1.165) is 7.11 Å². The molecule has 1 amide bonds. The molecule has 15 heavy (non-hydrogen) atoms. The zero-order chi connectivity index (χ0) is 11.6. The van der Waals surface area contributed by atoms with Crippen LogP contribution >= 0.6 is 0 Å². The Bertz CT molecular complexity index is 374. The number of rotatable bonds is 1. The van der Waals surface area contributed by atoms with Gasteiger partial charge in [0.05, 0.1) is 18.1 Å². The van der Waals surface area contributed by atoms with E-state index in [2.05, 4.69) is 10.1 Å². The van der Waals surface area contributed by atoms with Crippen molar-refractivity contribution in [3.63, 3.8) is 0 Å². The van der Waals surface area contributed by atoms with E-state index in [0.29, 0.717) is 6.42 Å². The molecule has 86 valence electrons. The third-order valence-corrected chi connectivity index (χ3v) is 4.80. The van der Waals surface area contributed by atoms with Crippen molar-refractivity contribution in [2.75, 3.05) is 12.9 Å². The van der Waals surface area contributed by atoms with Gasteiger partial charge in [-0.25, -0.2) is 13.2 Å². The van der Waals surface area contributed by atoms with E-state index in [1.54, 1.807) is 0 Å². The minimum absolute atomic E-state index is 0.0420. The minimum Gasteiger partial charge on any atom is -0.462 e. The van der Waals surface area contributed by atoms with Gasteiger partial charge >= 0.3 is 11.9 Å². The lowest BCUT2D eigenvalue weighted by atomic mass is 10.2. The summed E-state index contributed by atoms with van der Waals surface area (Å²) >= 11 is 0. The highest BCUT2D eigenvalue weighted by molar-refractivity contribution is 7.92. The second-order valence-electron chi connectivity index (χ2n) is 3.43. The largest absolute Gasteiger partial charge is 0.462 e. The zero-order valence-corrected chi connectivity index (χ0v) is 9.33. The van der Waals surface area contributed by atoms with E-state index in [1.165, 1.54) is 6.92 Å². The van der Waals surface area contributed by atoms with Crippen LogP contribution in [0.3, 0.4) is 0 Å². The maximum Gasteiger partial charge on any atom is 0.396 e. The number of methoxy groups -OCH3 is 1. The summed E-state index contributed by atoms with van der Waals surface area (Å²) in [7, 11) is -2.03. The second-order valence-corrected chi connectivity index (χ2v) is 5.91. The Kier molecular flexibility index (Phi) is 3.33. The highest BCUT2D eigenvalue weighted by atomic mass is 32.2. The van der Waals surface area contributed by atoms with Crippen LogP contribution in [-0.2, 0) is 24.2 Å². The van der Waals surface area contributed by atoms with Gasteiger partial charge in [0.2, 0.25) is 0 Å². The van der Waals surface area contributed by atoms with Crippen LogP contribution < -0.4 is 5.32 Å². The summed E-state index contributed by atoms with van der Waals surface area (Å²) in [5.41, 5.74) is 0. The molecule has 1 heterocycles. The SMILES string of the molecule is COC(=O)C(=O)NC1CCS(=O)(=O)C1C. The quantitative estimate of drug-likeness (QED) is 0.458. The Morgan fingerprint density at radius 2 is 2.00 bits per heavy atom. The van der Waals surface area contributed by atoms with Gasteiger partial charge in [0.25, 0.3) is 0 Å². The molecule has 0 spiro atoms. The number of ether oxygens (including phenoxy) is 1. The lowest BCUT2D eigenvalue weighted by molar-refractivity contribution is -0.153. The average Bonchev–Trinajstić information content (AvgIpc) is 2.44. The molecule has 1 saturated heterocycles. The first-order valence-corrected chi connectivity index (χ1v) is 6.20. The molecular formula is C8H13NO5S. The van der Waals surface area contributed by atoms with Gasteiger partial charge < -0.3 is 10.1 Å². The molecule has 1 N–H and O–H groups in total. The summed E-state index contributed by atoms with van der Waals surface area (Å²) in [6.45, 7) is 1.52. The van der Waals surface area contributed by atoms with Crippen molar-refractivity contribution in [3.8, 4) is 0 Å². The number of carbonyl (C=O) groups excluding carboxylic acids is 2. The third kappa shape index (κ3) is 2.47. The molecule has 1 rings (SSSR count). The Morgan fingerprint density at radius 1 is 1.40 bits per heavy atom. The van der Waals surface area contributed by atoms with Crippen molar-refractivity contribution in [1.29, 1.82) is 0 Å². The average molecular weight is 235 g/mol. The van der Waals surface area contributed by atoms with Gasteiger partial charge in [0.1, 0.15) is 0 Å². The molecule has 6 nitrogen and oxygen atoms in total. The number of esters is 1. The third-order valence-electron chi connectivity index (χ3n) is 2.53. The molecule has 1 aliphatic rings. The number of sulfone groups is 1. The first-order valence-electron chi connectivity index (χ1n) is 4.49. The summed E-state index contributed by atoms with van der Waals surface area (Å²) in [6, 6.07) is -0.499. The monoisotopic (exact) mass is 235 g/mol. The molecular weight excluding hydrogens is 222 g/mol. The van der Waals surface area contributed by atoms with Crippen LogP contribution in [0.2, 0.25) is 0 Å². The zero-order valence-electron chi connectivity index (χ0n) is 8.52. The van der Waals surface area contributed by atoms with E-state index in [4.69, 9.17) is 0 Å². The lowest BCUT2D eigenvalue weighted by Crippen LogP contribution is -2.43. The van der Waals surface area contributed by atoms with Gasteiger partial charge in [-0.15, -0.1) is 0 Å². The molecule has 0 radical (unpaired) electrons. The summed E-state index contributed by atoms with van der Waals surface area (Å²) in [5.74, 6) is -1.86. The number of carbonyl (C=O) groups is 2. The van der Waals surface area contributed by atoms with Gasteiger partial charge in [-0.3, -0.25) is 4.79 Å². The molecule has 0 saturated carbocycles. The van der Waals surface area contributed by atoms with Crippen LogP contribution in [0.15, 0.2) is 0 Å². The molecule has 0 aliphatic carbocycles. The fourth-order valence-electron chi connectivity index (χ4n) is 1.47. The highest BCUT2D eigenvalue weighted by Crippen LogP contribution is 2.19. The molecule has 0 aromatic rings. The Morgan fingerprint density at radius 3 is 2.40 bits per heavy atom. The van der Waals surface area contributed by atoms with Crippen LogP contribution in [0.1, 0.15) is 13.3 Å². The minimum atomic E-state index is -3.12. The molecule has 0 aromatic carbocycles. The van der Waals surface area contributed by atoms with Gasteiger partial charge in [-0.05, 0) is 13.3 Å². The fraction of sp³-hybridized carbons (Fsp3) is 0.750. The van der Waals surface area contributed by atoms with Gasteiger partial charge in [0, 0.05) is 6.04 Å². The summed E-state index contributed by atoms with van der Waals surface area (Å²) in [6.07, 6.45) is 0.340. The van der Waals surface area contributed by atoms with Crippen molar-refractivity contribution >= 4 is 21.7 Å². The summed E-state index contributed by atoms with van der Waals surface area (Å²) < 4.78 is 26.9. The number of hydrogen-bond donors (Lipinski definition) is 1. The maximum atomic E-state index is 11.3. The van der Waals surface area contributed by atoms with Crippen molar-refractivity contribution in [1.82, 2.24) is 5.32 Å².